The smallest absolute Gasteiger partial charge is 0.272 e. The van der Waals surface area contributed by atoms with Crippen LogP contribution in [0.5, 0.6) is 0 Å². The number of benzene rings is 2. The van der Waals surface area contributed by atoms with E-state index in [2.05, 4.69) is 9.71 Å². The number of aromatic amines is 1. The SMILES string of the molecule is Cc1cc(Cc2ccccc2)[nH]c(=O)c1NS(=O)(=O)CCc1ccccc1. The van der Waals surface area contributed by atoms with Gasteiger partial charge in [0.25, 0.3) is 5.56 Å². The second-order valence-electron chi connectivity index (χ2n) is 6.50. The van der Waals surface area contributed by atoms with Gasteiger partial charge in [0, 0.05) is 12.1 Å². The van der Waals surface area contributed by atoms with Crippen LogP contribution in [0.25, 0.3) is 0 Å². The predicted octanol–water partition coefficient (Wildman–Crippen LogP) is 3.26. The molecule has 0 bridgehead atoms. The molecule has 0 aliphatic carbocycles. The lowest BCUT2D eigenvalue weighted by atomic mass is 10.1. The molecule has 140 valence electrons. The van der Waals surface area contributed by atoms with Crippen molar-refractivity contribution in [2.24, 2.45) is 0 Å². The predicted molar refractivity (Wildman–Crippen MR) is 109 cm³/mol. The van der Waals surface area contributed by atoms with Crippen LogP contribution < -0.4 is 10.3 Å². The standard InChI is InChI=1S/C21H22N2O3S/c1-16-14-19(15-18-10-6-3-7-11-18)22-21(24)20(16)23-27(25,26)13-12-17-8-4-2-5-9-17/h2-11,14,23H,12-13,15H2,1H3,(H,22,24). The third-order valence-corrected chi connectivity index (χ3v) is 5.54. The van der Waals surface area contributed by atoms with Crippen molar-refractivity contribution in [2.75, 3.05) is 10.5 Å². The van der Waals surface area contributed by atoms with Crippen molar-refractivity contribution in [3.05, 3.63) is 99.5 Å². The molecule has 3 rings (SSSR count). The summed E-state index contributed by atoms with van der Waals surface area (Å²) in [5.74, 6) is -0.0817. The minimum Gasteiger partial charge on any atom is -0.324 e. The fraction of sp³-hybridized carbons (Fsp3) is 0.190. The van der Waals surface area contributed by atoms with E-state index in [0.717, 1.165) is 16.8 Å². The van der Waals surface area contributed by atoms with Gasteiger partial charge >= 0.3 is 0 Å². The summed E-state index contributed by atoms with van der Waals surface area (Å²) in [6.45, 7) is 1.73. The minimum atomic E-state index is -3.62. The third-order valence-electron chi connectivity index (χ3n) is 4.28. The van der Waals surface area contributed by atoms with Crippen LogP contribution >= 0.6 is 0 Å². The van der Waals surface area contributed by atoms with Crippen LogP contribution in [0.2, 0.25) is 0 Å². The van der Waals surface area contributed by atoms with Gasteiger partial charge < -0.3 is 4.98 Å². The number of H-pyrrole nitrogens is 1. The second-order valence-corrected chi connectivity index (χ2v) is 8.34. The number of anilines is 1. The summed E-state index contributed by atoms with van der Waals surface area (Å²) in [6.07, 6.45) is 0.969. The normalized spacial score (nSPS) is 11.3. The van der Waals surface area contributed by atoms with Gasteiger partial charge in [-0.05, 0) is 36.1 Å². The number of pyridine rings is 1. The van der Waals surface area contributed by atoms with Crippen LogP contribution in [0, 0.1) is 6.92 Å². The number of sulfonamides is 1. The van der Waals surface area contributed by atoms with E-state index in [1.165, 1.54) is 0 Å². The number of rotatable bonds is 7. The average molecular weight is 382 g/mol. The van der Waals surface area contributed by atoms with E-state index < -0.39 is 15.6 Å². The third kappa shape index (κ3) is 5.31. The van der Waals surface area contributed by atoms with Gasteiger partial charge in [-0.15, -0.1) is 0 Å². The summed E-state index contributed by atoms with van der Waals surface area (Å²) in [4.78, 5) is 15.2. The first kappa shape index (κ1) is 18.9. The molecular weight excluding hydrogens is 360 g/mol. The van der Waals surface area contributed by atoms with Crippen molar-refractivity contribution in [1.82, 2.24) is 4.98 Å². The molecule has 3 aromatic rings. The fourth-order valence-corrected chi connectivity index (χ4v) is 4.07. The molecule has 0 spiro atoms. The summed E-state index contributed by atoms with van der Waals surface area (Å²) >= 11 is 0. The maximum Gasteiger partial charge on any atom is 0.272 e. The molecule has 0 amide bonds. The van der Waals surface area contributed by atoms with E-state index >= 15 is 0 Å². The Kier molecular flexibility index (Phi) is 5.76. The van der Waals surface area contributed by atoms with Crippen molar-refractivity contribution >= 4 is 15.7 Å². The Morgan fingerprint density at radius 3 is 2.11 bits per heavy atom. The number of aromatic nitrogens is 1. The van der Waals surface area contributed by atoms with E-state index in [1.54, 1.807) is 6.92 Å². The zero-order valence-corrected chi connectivity index (χ0v) is 15.9. The van der Waals surface area contributed by atoms with E-state index in [-0.39, 0.29) is 11.4 Å². The van der Waals surface area contributed by atoms with Gasteiger partial charge in [-0.25, -0.2) is 8.42 Å². The first-order chi connectivity index (χ1) is 12.9. The van der Waals surface area contributed by atoms with Crippen molar-refractivity contribution in [1.29, 1.82) is 0 Å². The fourth-order valence-electron chi connectivity index (χ4n) is 2.90. The van der Waals surface area contributed by atoms with Crippen molar-refractivity contribution in [3.8, 4) is 0 Å². The van der Waals surface area contributed by atoms with Crippen molar-refractivity contribution < 1.29 is 8.42 Å². The molecule has 1 heterocycles. The van der Waals surface area contributed by atoms with Gasteiger partial charge in [0.05, 0.1) is 5.75 Å². The van der Waals surface area contributed by atoms with Crippen molar-refractivity contribution in [3.63, 3.8) is 0 Å². The number of nitrogens with one attached hydrogen (secondary N) is 2. The quantitative estimate of drug-likeness (QED) is 0.658. The summed E-state index contributed by atoms with van der Waals surface area (Å²) < 4.78 is 27.2. The van der Waals surface area contributed by atoms with Crippen molar-refractivity contribution in [2.45, 2.75) is 19.8 Å². The Labute approximate surface area is 159 Å². The highest BCUT2D eigenvalue weighted by Gasteiger charge is 2.15. The largest absolute Gasteiger partial charge is 0.324 e. The molecule has 0 aliphatic rings. The molecule has 27 heavy (non-hydrogen) atoms. The summed E-state index contributed by atoms with van der Waals surface area (Å²) in [5, 5.41) is 0. The van der Waals surface area contributed by atoms with E-state index in [9.17, 15) is 13.2 Å². The summed E-state index contributed by atoms with van der Waals surface area (Å²) in [7, 11) is -3.62. The van der Waals surface area contributed by atoms with Crippen LogP contribution in [-0.2, 0) is 22.9 Å². The molecular formula is C21H22N2O3S. The first-order valence-corrected chi connectivity index (χ1v) is 10.4. The van der Waals surface area contributed by atoms with Crippen LogP contribution in [-0.4, -0.2) is 19.2 Å². The van der Waals surface area contributed by atoms with Crippen LogP contribution in [0.15, 0.2) is 71.5 Å². The maximum atomic E-state index is 12.4. The molecule has 0 saturated heterocycles. The molecule has 6 heteroatoms. The summed E-state index contributed by atoms with van der Waals surface area (Å²) in [5.41, 5.74) is 3.02. The molecule has 1 aromatic heterocycles. The molecule has 0 unspecified atom stereocenters. The maximum absolute atomic E-state index is 12.4. The Hall–Kier alpha value is -2.86. The number of hydrogen-bond acceptors (Lipinski definition) is 3. The Bertz CT molecular complexity index is 1060. The molecule has 2 N–H and O–H groups in total. The lowest BCUT2D eigenvalue weighted by Crippen LogP contribution is -2.25. The van der Waals surface area contributed by atoms with Gasteiger partial charge in [-0.2, -0.15) is 0 Å². The lowest BCUT2D eigenvalue weighted by Gasteiger charge is -2.11. The molecule has 5 nitrogen and oxygen atoms in total. The van der Waals surface area contributed by atoms with Gasteiger partial charge in [0.2, 0.25) is 10.0 Å². The average Bonchev–Trinajstić information content (AvgIpc) is 2.65. The summed E-state index contributed by atoms with van der Waals surface area (Å²) in [6, 6.07) is 21.0. The zero-order chi connectivity index (χ0) is 19.3. The van der Waals surface area contributed by atoms with E-state index in [1.807, 2.05) is 66.7 Å². The Balaban J connectivity index is 1.73. The van der Waals surface area contributed by atoms with Gasteiger partial charge in [0.15, 0.2) is 0 Å². The highest BCUT2D eigenvalue weighted by molar-refractivity contribution is 7.92. The highest BCUT2D eigenvalue weighted by Crippen LogP contribution is 2.14. The molecule has 2 aromatic carbocycles. The molecule has 0 saturated carbocycles. The minimum absolute atomic E-state index is 0.0817. The van der Waals surface area contributed by atoms with Crippen LogP contribution in [0.3, 0.4) is 0 Å². The van der Waals surface area contributed by atoms with Gasteiger partial charge in [-0.3, -0.25) is 9.52 Å². The zero-order valence-electron chi connectivity index (χ0n) is 15.1. The highest BCUT2D eigenvalue weighted by atomic mass is 32.2. The molecule has 0 radical (unpaired) electrons. The second kappa shape index (κ2) is 8.22. The molecule has 0 fully saturated rings. The Morgan fingerprint density at radius 1 is 0.926 bits per heavy atom. The van der Waals surface area contributed by atoms with Crippen LogP contribution in [0.1, 0.15) is 22.4 Å². The Morgan fingerprint density at radius 2 is 1.52 bits per heavy atom. The van der Waals surface area contributed by atoms with E-state index in [0.29, 0.717) is 18.4 Å². The molecule has 0 aliphatic heterocycles. The topological polar surface area (TPSA) is 79.0 Å². The van der Waals surface area contributed by atoms with Gasteiger partial charge in [-0.1, -0.05) is 60.7 Å². The monoisotopic (exact) mass is 382 g/mol. The molecule has 0 atom stereocenters. The van der Waals surface area contributed by atoms with Gasteiger partial charge in [0.1, 0.15) is 5.69 Å². The van der Waals surface area contributed by atoms with Crippen LogP contribution in [0.4, 0.5) is 5.69 Å². The van der Waals surface area contributed by atoms with E-state index in [4.69, 9.17) is 0 Å². The number of hydrogen-bond donors (Lipinski definition) is 2. The lowest BCUT2D eigenvalue weighted by molar-refractivity contribution is 0.600. The first-order valence-electron chi connectivity index (χ1n) is 8.74. The number of aryl methyl sites for hydroxylation is 2.